The van der Waals surface area contributed by atoms with Crippen LogP contribution in [0.4, 0.5) is 4.79 Å². The predicted molar refractivity (Wildman–Crippen MR) is 90.0 cm³/mol. The quantitative estimate of drug-likeness (QED) is 0.628. The summed E-state index contributed by atoms with van der Waals surface area (Å²) >= 11 is 0. The highest BCUT2D eigenvalue weighted by atomic mass is 16.6. The van der Waals surface area contributed by atoms with E-state index >= 15 is 0 Å². The molecule has 1 saturated carbocycles. The van der Waals surface area contributed by atoms with Crippen molar-refractivity contribution in [2.24, 2.45) is 5.92 Å². The lowest BCUT2D eigenvalue weighted by molar-refractivity contribution is -0.142. The molecule has 7 nitrogen and oxygen atoms in total. The van der Waals surface area contributed by atoms with Gasteiger partial charge in [-0.25, -0.2) is 10.3 Å². The van der Waals surface area contributed by atoms with E-state index in [-0.39, 0.29) is 25.0 Å². The van der Waals surface area contributed by atoms with E-state index in [1.54, 1.807) is 0 Å². The van der Waals surface area contributed by atoms with E-state index < -0.39 is 17.5 Å². The first-order chi connectivity index (χ1) is 12.0. The summed E-state index contributed by atoms with van der Waals surface area (Å²) in [6.45, 7) is 1.85. The summed E-state index contributed by atoms with van der Waals surface area (Å²) in [5, 5.41) is 2.82. The minimum atomic E-state index is -0.847. The van der Waals surface area contributed by atoms with Crippen LogP contribution in [0.25, 0.3) is 0 Å². The van der Waals surface area contributed by atoms with Crippen molar-refractivity contribution in [1.82, 2.24) is 15.7 Å². The molecule has 1 aliphatic heterocycles. The van der Waals surface area contributed by atoms with Gasteiger partial charge in [0.2, 0.25) is 0 Å². The Bertz CT molecular complexity index is 664. The van der Waals surface area contributed by atoms with Crippen molar-refractivity contribution in [1.29, 1.82) is 0 Å². The molecule has 1 aromatic rings. The molecule has 25 heavy (non-hydrogen) atoms. The van der Waals surface area contributed by atoms with Crippen LogP contribution >= 0.6 is 0 Å². The second-order valence-electron chi connectivity index (χ2n) is 6.74. The number of carbonyl (C=O) groups is 3. The Balaban J connectivity index is 1.54. The van der Waals surface area contributed by atoms with Crippen molar-refractivity contribution < 1.29 is 19.2 Å². The molecule has 4 amide bonds. The van der Waals surface area contributed by atoms with Crippen molar-refractivity contribution in [3.63, 3.8) is 0 Å². The van der Waals surface area contributed by atoms with Crippen LogP contribution in [0, 0.1) is 5.92 Å². The van der Waals surface area contributed by atoms with Crippen LogP contribution in [0.1, 0.15) is 38.2 Å². The molecule has 134 valence electrons. The number of imide groups is 1. The van der Waals surface area contributed by atoms with Gasteiger partial charge < -0.3 is 5.32 Å². The number of nitrogens with zero attached hydrogens (tertiary/aromatic N) is 1. The predicted octanol–water partition coefficient (Wildman–Crippen LogP) is 1.74. The first-order valence-corrected chi connectivity index (χ1v) is 8.61. The van der Waals surface area contributed by atoms with E-state index in [1.165, 1.54) is 0 Å². The SMILES string of the molecule is C[C@H]1CCCC[C@]12NC(=O)N(CC(=O)NOCc1ccccc1)C2=O. The molecule has 2 fully saturated rings. The number of hydrogen-bond donors (Lipinski definition) is 2. The Morgan fingerprint density at radius 3 is 2.80 bits per heavy atom. The van der Waals surface area contributed by atoms with Gasteiger partial charge in [-0.2, -0.15) is 0 Å². The molecule has 2 atom stereocenters. The number of rotatable bonds is 5. The number of nitrogens with one attached hydrogen (secondary N) is 2. The lowest BCUT2D eigenvalue weighted by Crippen LogP contribution is -2.54. The van der Waals surface area contributed by atoms with Gasteiger partial charge in [0.1, 0.15) is 12.1 Å². The fourth-order valence-electron chi connectivity index (χ4n) is 3.59. The Morgan fingerprint density at radius 2 is 2.08 bits per heavy atom. The number of carbonyl (C=O) groups excluding carboxylic acids is 3. The maximum Gasteiger partial charge on any atom is 0.325 e. The molecular weight excluding hydrogens is 322 g/mol. The summed E-state index contributed by atoms with van der Waals surface area (Å²) in [7, 11) is 0. The van der Waals surface area contributed by atoms with Crippen molar-refractivity contribution in [3.05, 3.63) is 35.9 Å². The van der Waals surface area contributed by atoms with Crippen molar-refractivity contribution in [2.75, 3.05) is 6.54 Å². The smallest absolute Gasteiger partial charge is 0.323 e. The largest absolute Gasteiger partial charge is 0.325 e. The van der Waals surface area contributed by atoms with Gasteiger partial charge in [0.05, 0.1) is 6.61 Å². The topological polar surface area (TPSA) is 87.7 Å². The molecular formula is C18H23N3O4. The summed E-state index contributed by atoms with van der Waals surface area (Å²) in [4.78, 5) is 43.1. The Kier molecular flexibility index (Phi) is 5.03. The third-order valence-corrected chi connectivity index (χ3v) is 5.07. The van der Waals surface area contributed by atoms with Gasteiger partial charge in [-0.3, -0.25) is 19.3 Å². The van der Waals surface area contributed by atoms with E-state index in [2.05, 4.69) is 10.8 Å². The van der Waals surface area contributed by atoms with Gasteiger partial charge in [0.25, 0.3) is 11.8 Å². The van der Waals surface area contributed by atoms with E-state index in [4.69, 9.17) is 4.84 Å². The molecule has 1 heterocycles. The zero-order valence-corrected chi connectivity index (χ0v) is 14.3. The van der Waals surface area contributed by atoms with Crippen LogP contribution in [-0.4, -0.2) is 34.8 Å². The van der Waals surface area contributed by atoms with Crippen molar-refractivity contribution >= 4 is 17.8 Å². The zero-order chi connectivity index (χ0) is 17.9. The standard InChI is InChI=1S/C18H23N3O4/c1-13-7-5-6-10-18(13)16(23)21(17(24)19-18)11-15(22)20-25-12-14-8-3-2-4-9-14/h2-4,8-9,13H,5-7,10-12H2,1H3,(H,19,24)(H,20,22)/t13-,18-/m0/s1. The molecule has 0 aromatic heterocycles. The highest BCUT2D eigenvalue weighted by molar-refractivity contribution is 6.09. The first kappa shape index (κ1) is 17.4. The van der Waals surface area contributed by atoms with Gasteiger partial charge in [-0.1, -0.05) is 50.1 Å². The fraction of sp³-hybridized carbons (Fsp3) is 0.500. The third kappa shape index (κ3) is 3.51. The summed E-state index contributed by atoms with van der Waals surface area (Å²) in [5.74, 6) is -0.761. The lowest BCUT2D eigenvalue weighted by Gasteiger charge is -2.36. The number of amides is 4. The lowest BCUT2D eigenvalue weighted by atomic mass is 9.73. The second kappa shape index (κ2) is 7.23. The van der Waals surface area contributed by atoms with E-state index in [9.17, 15) is 14.4 Å². The van der Waals surface area contributed by atoms with E-state index in [0.29, 0.717) is 6.42 Å². The molecule has 1 aliphatic carbocycles. The summed E-state index contributed by atoms with van der Waals surface area (Å²) in [6, 6.07) is 8.88. The van der Waals surface area contributed by atoms with Crippen LogP contribution in [0.3, 0.4) is 0 Å². The van der Waals surface area contributed by atoms with Gasteiger partial charge >= 0.3 is 6.03 Å². The molecule has 1 spiro atoms. The number of benzene rings is 1. The van der Waals surface area contributed by atoms with Gasteiger partial charge in [-0.15, -0.1) is 0 Å². The minimum absolute atomic E-state index is 0.0695. The molecule has 2 aliphatic rings. The highest BCUT2D eigenvalue weighted by Gasteiger charge is 2.55. The monoisotopic (exact) mass is 345 g/mol. The Morgan fingerprint density at radius 1 is 1.32 bits per heavy atom. The third-order valence-electron chi connectivity index (χ3n) is 5.07. The molecule has 7 heteroatoms. The minimum Gasteiger partial charge on any atom is -0.323 e. The second-order valence-corrected chi connectivity index (χ2v) is 6.74. The summed E-state index contributed by atoms with van der Waals surface area (Å²) in [5.41, 5.74) is 2.35. The van der Waals surface area contributed by atoms with Crippen LogP contribution in [0.5, 0.6) is 0 Å². The fourth-order valence-corrected chi connectivity index (χ4v) is 3.59. The van der Waals surface area contributed by atoms with Crippen LogP contribution in [-0.2, 0) is 21.0 Å². The number of hydroxylamine groups is 1. The molecule has 1 aromatic carbocycles. The number of urea groups is 1. The van der Waals surface area contributed by atoms with Crippen LogP contribution < -0.4 is 10.8 Å². The molecule has 1 saturated heterocycles. The molecule has 3 rings (SSSR count). The average molecular weight is 345 g/mol. The Labute approximate surface area is 146 Å². The van der Waals surface area contributed by atoms with Crippen molar-refractivity contribution in [2.45, 2.75) is 44.8 Å². The maximum absolute atomic E-state index is 12.8. The molecule has 0 unspecified atom stereocenters. The Hall–Kier alpha value is -2.41. The van der Waals surface area contributed by atoms with Gasteiger partial charge in [0.15, 0.2) is 0 Å². The van der Waals surface area contributed by atoms with Gasteiger partial charge in [-0.05, 0) is 24.3 Å². The van der Waals surface area contributed by atoms with Crippen molar-refractivity contribution in [3.8, 4) is 0 Å². The highest BCUT2D eigenvalue weighted by Crippen LogP contribution is 2.38. The summed E-state index contributed by atoms with van der Waals surface area (Å²) < 4.78 is 0. The number of hydrogen-bond acceptors (Lipinski definition) is 4. The molecule has 2 N–H and O–H groups in total. The normalized spacial score (nSPS) is 26.0. The summed E-state index contributed by atoms with van der Waals surface area (Å²) in [6.07, 6.45) is 3.48. The van der Waals surface area contributed by atoms with Crippen LogP contribution in [0.15, 0.2) is 30.3 Å². The maximum atomic E-state index is 12.8. The van der Waals surface area contributed by atoms with E-state index in [1.807, 2.05) is 37.3 Å². The van der Waals surface area contributed by atoms with E-state index in [0.717, 1.165) is 29.7 Å². The molecule has 0 radical (unpaired) electrons. The van der Waals surface area contributed by atoms with Crippen LogP contribution in [0.2, 0.25) is 0 Å². The first-order valence-electron chi connectivity index (χ1n) is 8.61. The average Bonchev–Trinajstić information content (AvgIpc) is 2.84. The van der Waals surface area contributed by atoms with Gasteiger partial charge in [0, 0.05) is 0 Å². The molecule has 0 bridgehead atoms. The zero-order valence-electron chi connectivity index (χ0n) is 14.3.